The summed E-state index contributed by atoms with van der Waals surface area (Å²) in [6.07, 6.45) is 7.91. The molecule has 0 unspecified atom stereocenters. The first-order valence-corrected chi connectivity index (χ1v) is 8.61. The number of fused-ring (bicyclic) bond motifs is 1. The molecule has 0 radical (unpaired) electrons. The Morgan fingerprint density at radius 3 is 3.08 bits per heavy atom. The third kappa shape index (κ3) is 3.11. The number of hydrogen-bond acceptors (Lipinski definition) is 7. The highest BCUT2D eigenvalue weighted by molar-refractivity contribution is 7.15. The molecule has 0 aliphatic rings. The smallest absolute Gasteiger partial charge is 0.263 e. The van der Waals surface area contributed by atoms with Crippen LogP contribution in [0.2, 0.25) is 0 Å². The molecule has 4 aromatic rings. The molecule has 4 aromatic heterocycles. The number of aromatic nitrogens is 7. The van der Waals surface area contributed by atoms with Crippen LogP contribution in [0.5, 0.6) is 0 Å². The van der Waals surface area contributed by atoms with Gasteiger partial charge in [-0.25, -0.2) is 19.6 Å². The number of carbonyl (C=O) groups excluding carboxylic acids is 1. The number of hydrogen-bond donors (Lipinski definition) is 2. The highest BCUT2D eigenvalue weighted by Gasteiger charge is 2.17. The Morgan fingerprint density at radius 2 is 2.35 bits per heavy atom. The van der Waals surface area contributed by atoms with E-state index in [1.165, 1.54) is 34.9 Å². The van der Waals surface area contributed by atoms with Crippen molar-refractivity contribution in [2.24, 2.45) is 0 Å². The number of thiazole rings is 1. The van der Waals surface area contributed by atoms with Crippen molar-refractivity contribution in [1.29, 1.82) is 0 Å². The predicted molar refractivity (Wildman–Crippen MR) is 92.9 cm³/mol. The largest absolute Gasteiger partial charge is 0.344 e. The van der Waals surface area contributed by atoms with Crippen LogP contribution < -0.4 is 10.9 Å². The van der Waals surface area contributed by atoms with Crippen molar-refractivity contribution < 1.29 is 4.79 Å². The number of imidazole rings is 1. The van der Waals surface area contributed by atoms with Gasteiger partial charge >= 0.3 is 0 Å². The molecule has 0 saturated heterocycles. The zero-order chi connectivity index (χ0) is 18.1. The summed E-state index contributed by atoms with van der Waals surface area (Å²) in [6, 6.07) is -0.344. The third-order valence-electron chi connectivity index (χ3n) is 3.78. The number of H-pyrrole nitrogens is 1. The lowest BCUT2D eigenvalue weighted by Gasteiger charge is -2.11. The Kier molecular flexibility index (Phi) is 4.05. The molecule has 1 amide bonds. The molecule has 132 valence electrons. The van der Waals surface area contributed by atoms with Gasteiger partial charge in [0.15, 0.2) is 4.96 Å². The fraction of sp³-hybridized carbons (Fsp3) is 0.200. The molecule has 26 heavy (non-hydrogen) atoms. The topological polar surface area (TPSA) is 123 Å². The summed E-state index contributed by atoms with van der Waals surface area (Å²) in [5, 5.41) is 8.64. The van der Waals surface area contributed by atoms with E-state index in [0.29, 0.717) is 5.82 Å². The zero-order valence-corrected chi connectivity index (χ0v) is 14.5. The molecule has 4 rings (SSSR count). The van der Waals surface area contributed by atoms with Gasteiger partial charge in [-0.2, -0.15) is 5.10 Å². The van der Waals surface area contributed by atoms with Crippen LogP contribution in [-0.2, 0) is 6.54 Å². The van der Waals surface area contributed by atoms with Crippen molar-refractivity contribution in [2.75, 3.05) is 0 Å². The normalized spacial score (nSPS) is 12.3. The molecular weight excluding hydrogens is 356 g/mol. The van der Waals surface area contributed by atoms with E-state index < -0.39 is 11.5 Å². The maximum Gasteiger partial charge on any atom is 0.263 e. The Labute approximate surface area is 150 Å². The van der Waals surface area contributed by atoms with Crippen molar-refractivity contribution >= 4 is 22.2 Å². The van der Waals surface area contributed by atoms with Gasteiger partial charge in [-0.3, -0.25) is 14.0 Å². The second-order valence-electron chi connectivity index (χ2n) is 5.62. The van der Waals surface area contributed by atoms with Crippen molar-refractivity contribution in [2.45, 2.75) is 19.5 Å². The average Bonchev–Trinajstić information content (AvgIpc) is 3.31. The number of carbonyl (C=O) groups is 1. The van der Waals surface area contributed by atoms with Gasteiger partial charge in [0.05, 0.1) is 11.7 Å². The minimum Gasteiger partial charge on any atom is -0.344 e. The van der Waals surface area contributed by atoms with Crippen LogP contribution in [0.25, 0.3) is 4.96 Å². The van der Waals surface area contributed by atoms with E-state index in [1.807, 2.05) is 29.1 Å². The Balaban J connectivity index is 1.48. The molecule has 0 fully saturated rings. The summed E-state index contributed by atoms with van der Waals surface area (Å²) in [7, 11) is 0. The van der Waals surface area contributed by atoms with E-state index in [0.717, 1.165) is 10.7 Å². The standard InChI is InChI=1S/C15H14N8O2S/c1-9(11-5-22-2-3-26-15(22)20-11)19-13(24)10-4-17-12(21-14(10)25)6-23-8-16-7-18-23/h2-5,7-9H,6H2,1H3,(H,19,24)(H,17,21,25)/t9-/m0/s1. The predicted octanol–water partition coefficient (Wildman–Crippen LogP) is 0.610. The number of amides is 1. The van der Waals surface area contributed by atoms with Gasteiger partial charge in [0.2, 0.25) is 0 Å². The molecule has 0 bridgehead atoms. The minimum atomic E-state index is -0.509. The van der Waals surface area contributed by atoms with E-state index in [-0.39, 0.29) is 18.2 Å². The quantitative estimate of drug-likeness (QED) is 0.531. The van der Waals surface area contributed by atoms with Crippen LogP contribution >= 0.6 is 11.3 Å². The SMILES string of the molecule is C[C@H](NC(=O)c1cnc(Cn2cncn2)[nH]c1=O)c1cn2ccsc2n1. The van der Waals surface area contributed by atoms with Gasteiger partial charge in [0.25, 0.3) is 11.5 Å². The van der Waals surface area contributed by atoms with Gasteiger partial charge in [-0.05, 0) is 6.92 Å². The molecule has 0 spiro atoms. The monoisotopic (exact) mass is 370 g/mol. The summed E-state index contributed by atoms with van der Waals surface area (Å²) in [6.45, 7) is 2.07. The lowest BCUT2D eigenvalue weighted by Crippen LogP contribution is -2.32. The van der Waals surface area contributed by atoms with E-state index in [1.54, 1.807) is 0 Å². The Bertz CT molecular complexity index is 1080. The van der Waals surface area contributed by atoms with Crippen LogP contribution in [-0.4, -0.2) is 40.0 Å². The number of aromatic amines is 1. The van der Waals surface area contributed by atoms with E-state index in [2.05, 4.69) is 30.4 Å². The molecule has 0 saturated carbocycles. The highest BCUT2D eigenvalue weighted by atomic mass is 32.1. The van der Waals surface area contributed by atoms with Gasteiger partial charge in [-0.1, -0.05) is 0 Å². The summed E-state index contributed by atoms with van der Waals surface area (Å²) in [5.74, 6) is -0.116. The van der Waals surface area contributed by atoms with Crippen LogP contribution in [0.1, 0.15) is 34.8 Å². The maximum absolute atomic E-state index is 12.4. The summed E-state index contributed by atoms with van der Waals surface area (Å²) < 4.78 is 3.40. The molecule has 0 aromatic carbocycles. The van der Waals surface area contributed by atoms with Crippen molar-refractivity contribution in [1.82, 2.24) is 39.4 Å². The number of rotatable bonds is 5. The lowest BCUT2D eigenvalue weighted by molar-refractivity contribution is 0.0937. The first-order valence-electron chi connectivity index (χ1n) is 7.74. The maximum atomic E-state index is 12.4. The number of nitrogens with one attached hydrogen (secondary N) is 2. The molecule has 0 aliphatic carbocycles. The molecule has 11 heteroatoms. The first kappa shape index (κ1) is 16.1. The zero-order valence-electron chi connectivity index (χ0n) is 13.7. The van der Waals surface area contributed by atoms with Crippen molar-refractivity contribution in [3.05, 3.63) is 64.1 Å². The minimum absolute atomic E-state index is 0.0554. The molecule has 0 aliphatic heterocycles. The second-order valence-corrected chi connectivity index (χ2v) is 6.49. The van der Waals surface area contributed by atoms with Gasteiger partial charge in [0, 0.05) is 24.0 Å². The highest BCUT2D eigenvalue weighted by Crippen LogP contribution is 2.16. The second kappa shape index (κ2) is 6.52. The van der Waals surface area contributed by atoms with Crippen molar-refractivity contribution in [3.8, 4) is 0 Å². The number of nitrogens with zero attached hydrogens (tertiary/aromatic N) is 6. The summed E-state index contributed by atoms with van der Waals surface area (Å²) in [5.41, 5.74) is 0.156. The Hall–Kier alpha value is -3.34. The summed E-state index contributed by atoms with van der Waals surface area (Å²) >= 11 is 1.51. The molecule has 10 nitrogen and oxygen atoms in total. The molecular formula is C15H14N8O2S. The van der Waals surface area contributed by atoms with E-state index in [4.69, 9.17) is 0 Å². The lowest BCUT2D eigenvalue weighted by atomic mass is 10.2. The van der Waals surface area contributed by atoms with Crippen LogP contribution in [0.15, 0.2) is 41.4 Å². The van der Waals surface area contributed by atoms with Gasteiger partial charge < -0.3 is 10.3 Å². The average molecular weight is 370 g/mol. The van der Waals surface area contributed by atoms with Gasteiger partial charge in [-0.15, -0.1) is 11.3 Å². The fourth-order valence-corrected chi connectivity index (χ4v) is 3.15. The molecule has 4 heterocycles. The van der Waals surface area contributed by atoms with Crippen LogP contribution in [0, 0.1) is 0 Å². The fourth-order valence-electron chi connectivity index (χ4n) is 2.44. The third-order valence-corrected chi connectivity index (χ3v) is 4.55. The molecule has 2 N–H and O–H groups in total. The van der Waals surface area contributed by atoms with Crippen LogP contribution in [0.4, 0.5) is 0 Å². The summed E-state index contributed by atoms with van der Waals surface area (Å²) in [4.78, 5) is 40.4. The van der Waals surface area contributed by atoms with Gasteiger partial charge in [0.1, 0.15) is 30.6 Å². The van der Waals surface area contributed by atoms with E-state index in [9.17, 15) is 9.59 Å². The van der Waals surface area contributed by atoms with Crippen LogP contribution in [0.3, 0.4) is 0 Å². The Morgan fingerprint density at radius 1 is 1.46 bits per heavy atom. The first-order chi connectivity index (χ1) is 12.6. The van der Waals surface area contributed by atoms with Crippen molar-refractivity contribution in [3.63, 3.8) is 0 Å². The van der Waals surface area contributed by atoms with E-state index >= 15 is 0 Å². The molecule has 1 atom stereocenters.